The lowest BCUT2D eigenvalue weighted by Crippen LogP contribution is -2.10. The van der Waals surface area contributed by atoms with Crippen LogP contribution in [0.5, 0.6) is 0 Å². The maximum Gasteiger partial charge on any atom is 0.0462 e. The maximum atomic E-state index is 3.30. The van der Waals surface area contributed by atoms with E-state index in [2.05, 4.69) is 179 Å². The van der Waals surface area contributed by atoms with Crippen LogP contribution in [0.1, 0.15) is 22.3 Å². The normalized spacial score (nSPS) is 10.3. The van der Waals surface area contributed by atoms with Crippen LogP contribution in [0.15, 0.2) is 218 Å². The summed E-state index contributed by atoms with van der Waals surface area (Å²) in [5.41, 5.74) is 12.8. The Bertz CT molecular complexity index is 2350. The van der Waals surface area contributed by atoms with Gasteiger partial charge in [0.1, 0.15) is 0 Å². The zero-order chi connectivity index (χ0) is 36.4. The van der Waals surface area contributed by atoms with Gasteiger partial charge in [-0.15, -0.1) is 0 Å². The molecule has 0 aliphatic carbocycles. The van der Waals surface area contributed by atoms with Crippen molar-refractivity contribution in [3.05, 3.63) is 241 Å². The molecule has 0 fully saturated rings. The van der Waals surface area contributed by atoms with Gasteiger partial charge in [0, 0.05) is 56.4 Å². The Labute approximate surface area is 318 Å². The summed E-state index contributed by atoms with van der Waals surface area (Å²) in [6.45, 7) is 0. The second-order valence-electron chi connectivity index (χ2n) is 12.8. The van der Waals surface area contributed by atoms with E-state index in [-0.39, 0.29) is 0 Å². The Morgan fingerprint density at radius 1 is 0.204 bits per heavy atom. The van der Waals surface area contributed by atoms with Crippen molar-refractivity contribution in [1.29, 1.82) is 0 Å². The Balaban J connectivity index is 1.04. The third-order valence-corrected chi connectivity index (χ3v) is 9.11. The summed E-state index contributed by atoms with van der Waals surface area (Å²) in [4.78, 5) is 4.55. The van der Waals surface area contributed by atoms with Gasteiger partial charge in [0.25, 0.3) is 0 Å². The number of anilines is 6. The summed E-state index contributed by atoms with van der Waals surface area (Å²) < 4.78 is 0. The van der Waals surface area contributed by atoms with Crippen LogP contribution in [0.3, 0.4) is 0 Å². The lowest BCUT2D eigenvalue weighted by molar-refractivity contribution is 1.28. The average molecular weight is 689 g/mol. The van der Waals surface area contributed by atoms with Gasteiger partial charge in [-0.25, -0.2) is 0 Å². The SMILES string of the molecule is C(#Cc1ccc(N(c2ccccc2)c2ccc(-c3ccc(N(c4ccccc4)c4ccc(C#Cc5ccccc5)cc4)cc3)cc2)cc1)c1ccccc1. The fourth-order valence-corrected chi connectivity index (χ4v) is 6.37. The van der Waals surface area contributed by atoms with Crippen LogP contribution < -0.4 is 9.80 Å². The topological polar surface area (TPSA) is 6.48 Å². The van der Waals surface area contributed by atoms with E-state index in [0.29, 0.717) is 0 Å². The van der Waals surface area contributed by atoms with Crippen molar-refractivity contribution in [2.45, 2.75) is 0 Å². The average Bonchev–Trinajstić information content (AvgIpc) is 3.25. The molecule has 0 radical (unpaired) electrons. The summed E-state index contributed by atoms with van der Waals surface area (Å²) >= 11 is 0. The highest BCUT2D eigenvalue weighted by atomic mass is 15.1. The molecule has 8 aromatic carbocycles. The van der Waals surface area contributed by atoms with Crippen molar-refractivity contribution in [3.8, 4) is 34.8 Å². The molecule has 0 bridgehead atoms. The predicted octanol–water partition coefficient (Wildman–Crippen LogP) is 13.1. The molecule has 0 aliphatic heterocycles. The highest BCUT2D eigenvalue weighted by Gasteiger charge is 2.14. The molecule has 0 spiro atoms. The van der Waals surface area contributed by atoms with Crippen molar-refractivity contribution < 1.29 is 0 Å². The zero-order valence-electron chi connectivity index (χ0n) is 29.7. The molecule has 0 unspecified atom stereocenters. The summed E-state index contributed by atoms with van der Waals surface area (Å²) in [7, 11) is 0. The van der Waals surface area contributed by atoms with Crippen molar-refractivity contribution in [2.75, 3.05) is 9.80 Å². The van der Waals surface area contributed by atoms with Gasteiger partial charge >= 0.3 is 0 Å². The molecule has 0 heterocycles. The Kier molecular flexibility index (Phi) is 10.1. The molecule has 0 saturated heterocycles. The number of rotatable bonds is 7. The molecule has 0 atom stereocenters. The van der Waals surface area contributed by atoms with Crippen molar-refractivity contribution in [3.63, 3.8) is 0 Å². The van der Waals surface area contributed by atoms with Crippen LogP contribution in [0, 0.1) is 23.7 Å². The molecule has 0 N–H and O–H groups in total. The van der Waals surface area contributed by atoms with Gasteiger partial charge in [-0.05, 0) is 132 Å². The molecule has 2 heteroatoms. The van der Waals surface area contributed by atoms with E-state index in [4.69, 9.17) is 0 Å². The fourth-order valence-electron chi connectivity index (χ4n) is 6.37. The van der Waals surface area contributed by atoms with Gasteiger partial charge in [-0.3, -0.25) is 0 Å². The first-order valence-corrected chi connectivity index (χ1v) is 18.0. The molecular formula is C52H36N2. The van der Waals surface area contributed by atoms with Gasteiger partial charge in [0.15, 0.2) is 0 Å². The molecule has 254 valence electrons. The maximum absolute atomic E-state index is 3.30. The van der Waals surface area contributed by atoms with E-state index in [1.165, 1.54) is 0 Å². The van der Waals surface area contributed by atoms with Crippen LogP contribution in [-0.2, 0) is 0 Å². The summed E-state index contributed by atoms with van der Waals surface area (Å²) in [5.74, 6) is 13.1. The Morgan fingerprint density at radius 3 is 0.722 bits per heavy atom. The standard InChI is InChI=1S/C52H36N2/c1-5-13-41(14-6-1)21-23-43-25-33-49(34-26-43)53(47-17-9-3-10-18-47)51-37-29-45(30-38-51)46-31-39-52(40-32-46)54(48-19-11-4-12-20-48)50-35-27-44(28-36-50)24-22-42-15-7-2-8-16-42/h1-20,25-40H. The summed E-state index contributed by atoms with van der Waals surface area (Å²) in [5, 5.41) is 0. The molecule has 0 amide bonds. The van der Waals surface area contributed by atoms with Gasteiger partial charge in [-0.2, -0.15) is 0 Å². The molecule has 54 heavy (non-hydrogen) atoms. The minimum atomic E-state index is 0.977. The lowest BCUT2D eigenvalue weighted by Gasteiger charge is -2.26. The van der Waals surface area contributed by atoms with E-state index in [1.54, 1.807) is 0 Å². The number of benzene rings is 8. The number of nitrogens with zero attached hydrogens (tertiary/aromatic N) is 2. The predicted molar refractivity (Wildman–Crippen MR) is 226 cm³/mol. The van der Waals surface area contributed by atoms with Crippen molar-refractivity contribution in [2.24, 2.45) is 0 Å². The third kappa shape index (κ3) is 8.01. The van der Waals surface area contributed by atoms with Crippen LogP contribution >= 0.6 is 0 Å². The van der Waals surface area contributed by atoms with E-state index in [1.807, 2.05) is 72.8 Å². The Morgan fingerprint density at radius 2 is 0.426 bits per heavy atom. The van der Waals surface area contributed by atoms with Gasteiger partial charge in [0.05, 0.1) is 0 Å². The largest absolute Gasteiger partial charge is 0.311 e. The van der Waals surface area contributed by atoms with E-state index >= 15 is 0 Å². The molecule has 8 rings (SSSR count). The molecule has 0 saturated carbocycles. The van der Waals surface area contributed by atoms with Gasteiger partial charge in [0.2, 0.25) is 0 Å². The van der Waals surface area contributed by atoms with Crippen LogP contribution in [0.4, 0.5) is 34.1 Å². The van der Waals surface area contributed by atoms with Crippen molar-refractivity contribution >= 4 is 34.1 Å². The van der Waals surface area contributed by atoms with Gasteiger partial charge < -0.3 is 9.80 Å². The highest BCUT2D eigenvalue weighted by molar-refractivity contribution is 5.81. The van der Waals surface area contributed by atoms with Gasteiger partial charge in [-0.1, -0.05) is 121 Å². The van der Waals surface area contributed by atoms with Crippen molar-refractivity contribution in [1.82, 2.24) is 0 Å². The molecular weight excluding hydrogens is 653 g/mol. The lowest BCUT2D eigenvalue weighted by atomic mass is 10.0. The fraction of sp³-hybridized carbons (Fsp3) is 0. The number of hydrogen-bond donors (Lipinski definition) is 0. The first kappa shape index (κ1) is 33.6. The first-order valence-electron chi connectivity index (χ1n) is 18.0. The van der Waals surface area contributed by atoms with Crippen LogP contribution in [-0.4, -0.2) is 0 Å². The van der Waals surface area contributed by atoms with Crippen LogP contribution in [0.2, 0.25) is 0 Å². The minimum Gasteiger partial charge on any atom is -0.311 e. The third-order valence-electron chi connectivity index (χ3n) is 9.11. The monoisotopic (exact) mass is 688 g/mol. The van der Waals surface area contributed by atoms with E-state index in [0.717, 1.165) is 67.5 Å². The number of hydrogen-bond acceptors (Lipinski definition) is 2. The number of para-hydroxylation sites is 2. The first-order chi connectivity index (χ1) is 26.8. The zero-order valence-corrected chi connectivity index (χ0v) is 29.7. The smallest absolute Gasteiger partial charge is 0.0462 e. The molecule has 0 aromatic heterocycles. The molecule has 8 aromatic rings. The van der Waals surface area contributed by atoms with E-state index in [9.17, 15) is 0 Å². The molecule has 2 nitrogen and oxygen atoms in total. The Hall–Kier alpha value is -7.52. The van der Waals surface area contributed by atoms with E-state index < -0.39 is 0 Å². The van der Waals surface area contributed by atoms with Crippen LogP contribution in [0.25, 0.3) is 11.1 Å². The quantitative estimate of drug-likeness (QED) is 0.154. The highest BCUT2D eigenvalue weighted by Crippen LogP contribution is 2.38. The second-order valence-corrected chi connectivity index (χ2v) is 12.8. The minimum absolute atomic E-state index is 0.977. The summed E-state index contributed by atoms with van der Waals surface area (Å²) in [6.07, 6.45) is 0. The molecule has 0 aliphatic rings. The summed E-state index contributed by atoms with van der Waals surface area (Å²) in [6, 6.07) is 75.6. The second kappa shape index (κ2) is 16.2.